The van der Waals surface area contributed by atoms with Gasteiger partial charge in [-0.3, -0.25) is 9.59 Å². The first-order chi connectivity index (χ1) is 15.6. The highest BCUT2D eigenvalue weighted by atomic mass is 35.5. The molecule has 0 bridgehead atoms. The molecule has 2 aromatic heterocycles. The molecule has 8 heteroatoms. The Morgan fingerprint density at radius 2 is 1.84 bits per heavy atom. The molecule has 0 saturated carbocycles. The van der Waals surface area contributed by atoms with E-state index in [9.17, 15) is 9.59 Å². The number of hydrogen-bond donors (Lipinski definition) is 0. The zero-order chi connectivity index (χ0) is 22.1. The van der Waals surface area contributed by atoms with Crippen LogP contribution in [0.15, 0.2) is 65.5 Å². The zero-order valence-corrected chi connectivity index (χ0v) is 18.9. The Hall–Kier alpha value is -3.03. The monoisotopic (exact) mass is 464 g/mol. The van der Waals surface area contributed by atoms with Crippen molar-refractivity contribution in [3.63, 3.8) is 0 Å². The molecule has 1 saturated heterocycles. The molecule has 4 aromatic rings. The van der Waals surface area contributed by atoms with Crippen LogP contribution in [-0.4, -0.2) is 38.7 Å². The maximum Gasteiger partial charge on any atom is 0.267 e. The van der Waals surface area contributed by atoms with Crippen LogP contribution >= 0.6 is 22.9 Å². The zero-order valence-electron chi connectivity index (χ0n) is 17.3. The topological polar surface area (TPSA) is 68.1 Å². The Bertz CT molecular complexity index is 1330. The van der Waals surface area contributed by atoms with Crippen LogP contribution in [0.1, 0.15) is 23.8 Å². The number of halogens is 1. The molecule has 162 valence electrons. The maximum atomic E-state index is 12.9. The van der Waals surface area contributed by atoms with Crippen molar-refractivity contribution in [1.29, 1.82) is 0 Å². The van der Waals surface area contributed by atoms with E-state index in [1.54, 1.807) is 17.4 Å². The molecule has 1 fully saturated rings. The van der Waals surface area contributed by atoms with Gasteiger partial charge in [0.15, 0.2) is 0 Å². The van der Waals surface area contributed by atoms with Gasteiger partial charge in [0.1, 0.15) is 6.54 Å². The summed E-state index contributed by atoms with van der Waals surface area (Å²) in [6.07, 6.45) is 1.71. The first-order valence-corrected chi connectivity index (χ1v) is 11.7. The maximum absolute atomic E-state index is 12.9. The summed E-state index contributed by atoms with van der Waals surface area (Å²) in [7, 11) is 0. The summed E-state index contributed by atoms with van der Waals surface area (Å²) < 4.78 is 2.39. The van der Waals surface area contributed by atoms with Crippen molar-refractivity contribution in [3.8, 4) is 11.3 Å². The molecule has 0 radical (unpaired) electrons. The smallest absolute Gasteiger partial charge is 0.267 e. The Kier molecular flexibility index (Phi) is 5.76. The van der Waals surface area contributed by atoms with Gasteiger partial charge in [-0.15, -0.1) is 11.3 Å². The van der Waals surface area contributed by atoms with Gasteiger partial charge in [-0.25, -0.2) is 9.67 Å². The van der Waals surface area contributed by atoms with Gasteiger partial charge in [-0.05, 0) is 37.1 Å². The molecule has 1 aliphatic heterocycles. The molecule has 0 aliphatic carbocycles. The highest BCUT2D eigenvalue weighted by molar-refractivity contribution is 7.18. The molecule has 1 aliphatic rings. The Labute approximate surface area is 194 Å². The van der Waals surface area contributed by atoms with E-state index in [0.29, 0.717) is 29.7 Å². The number of aromatic nitrogens is 3. The number of carbonyl (C=O) groups excluding carboxylic acids is 1. The fourth-order valence-corrected chi connectivity index (χ4v) is 5.31. The third kappa shape index (κ3) is 4.31. The molecule has 0 atom stereocenters. The molecule has 6 nitrogen and oxygen atoms in total. The Balaban J connectivity index is 1.25. The van der Waals surface area contributed by atoms with Gasteiger partial charge in [-0.2, -0.15) is 5.10 Å². The molecule has 32 heavy (non-hydrogen) atoms. The van der Waals surface area contributed by atoms with Crippen molar-refractivity contribution in [2.75, 3.05) is 13.1 Å². The first kappa shape index (κ1) is 20.8. The number of nitrogens with zero attached hydrogens (tertiary/aromatic N) is 4. The van der Waals surface area contributed by atoms with Gasteiger partial charge in [-0.1, -0.05) is 41.9 Å². The lowest BCUT2D eigenvalue weighted by Crippen LogP contribution is -2.41. The van der Waals surface area contributed by atoms with Crippen molar-refractivity contribution in [2.45, 2.75) is 25.3 Å². The van der Waals surface area contributed by atoms with Gasteiger partial charge in [0.2, 0.25) is 5.91 Å². The first-order valence-electron chi connectivity index (χ1n) is 10.5. The van der Waals surface area contributed by atoms with Gasteiger partial charge in [0.05, 0.1) is 20.9 Å². The molecular formula is C24H21ClN4O2S. The van der Waals surface area contributed by atoms with Crippen LogP contribution < -0.4 is 5.56 Å². The average molecular weight is 465 g/mol. The molecule has 0 spiro atoms. The quantitative estimate of drug-likeness (QED) is 0.443. The summed E-state index contributed by atoms with van der Waals surface area (Å²) in [5.41, 5.74) is 2.24. The van der Waals surface area contributed by atoms with E-state index in [-0.39, 0.29) is 18.0 Å². The molecular weight excluding hydrogens is 444 g/mol. The lowest BCUT2D eigenvalue weighted by Gasteiger charge is -2.31. The van der Waals surface area contributed by atoms with Crippen molar-refractivity contribution in [1.82, 2.24) is 19.7 Å². The third-order valence-corrected chi connectivity index (χ3v) is 7.22. The predicted molar refractivity (Wildman–Crippen MR) is 127 cm³/mol. The second-order valence-corrected chi connectivity index (χ2v) is 9.40. The van der Waals surface area contributed by atoms with Crippen LogP contribution in [0.4, 0.5) is 0 Å². The summed E-state index contributed by atoms with van der Waals surface area (Å²) >= 11 is 7.78. The second-order valence-electron chi connectivity index (χ2n) is 7.90. The summed E-state index contributed by atoms with van der Waals surface area (Å²) in [4.78, 5) is 31.8. The van der Waals surface area contributed by atoms with E-state index in [2.05, 4.69) is 5.10 Å². The van der Waals surface area contributed by atoms with Crippen molar-refractivity contribution in [3.05, 3.63) is 81.0 Å². The largest absolute Gasteiger partial charge is 0.341 e. The van der Waals surface area contributed by atoms with Crippen LogP contribution in [0, 0.1) is 0 Å². The SMILES string of the molecule is O=C(Cn1nc(-c2ccccc2)ccc1=O)N1CCC(c2nc3cc(Cl)ccc3s2)CC1. The Morgan fingerprint density at radius 1 is 1.06 bits per heavy atom. The number of rotatable bonds is 4. The van der Waals surface area contributed by atoms with Gasteiger partial charge in [0.25, 0.3) is 5.56 Å². The highest BCUT2D eigenvalue weighted by Crippen LogP contribution is 2.34. The van der Waals surface area contributed by atoms with E-state index in [1.807, 2.05) is 53.4 Å². The standard InChI is InChI=1S/C24H21ClN4O2S/c25-18-6-8-21-20(14-18)26-24(32-21)17-10-12-28(13-11-17)23(31)15-29-22(30)9-7-19(27-29)16-4-2-1-3-5-16/h1-9,14,17H,10-13,15H2. The number of fused-ring (bicyclic) bond motifs is 1. The van der Waals surface area contributed by atoms with Gasteiger partial charge in [0, 0.05) is 35.7 Å². The van der Waals surface area contributed by atoms with Crippen LogP contribution in [0.3, 0.4) is 0 Å². The molecule has 5 rings (SSSR count). The predicted octanol–water partition coefficient (Wildman–Crippen LogP) is 4.58. The Morgan fingerprint density at radius 3 is 2.62 bits per heavy atom. The number of benzene rings is 2. The summed E-state index contributed by atoms with van der Waals surface area (Å²) in [6.45, 7) is 1.24. The molecule has 0 unspecified atom stereocenters. The van der Waals surface area contributed by atoms with E-state index in [4.69, 9.17) is 16.6 Å². The number of piperidine rings is 1. The van der Waals surface area contributed by atoms with Crippen molar-refractivity contribution >= 4 is 39.1 Å². The minimum absolute atomic E-state index is 0.0518. The van der Waals surface area contributed by atoms with Gasteiger partial charge < -0.3 is 4.90 Å². The lowest BCUT2D eigenvalue weighted by molar-refractivity contribution is -0.133. The molecule has 3 heterocycles. The lowest BCUT2D eigenvalue weighted by atomic mass is 9.97. The molecule has 0 N–H and O–H groups in total. The fraction of sp³-hybridized carbons (Fsp3) is 0.250. The minimum Gasteiger partial charge on any atom is -0.341 e. The summed E-state index contributed by atoms with van der Waals surface area (Å²) in [6, 6.07) is 18.6. The van der Waals surface area contributed by atoms with Gasteiger partial charge >= 0.3 is 0 Å². The average Bonchev–Trinajstić information content (AvgIpc) is 3.24. The number of thiazole rings is 1. The number of amides is 1. The third-order valence-electron chi connectivity index (χ3n) is 5.78. The highest BCUT2D eigenvalue weighted by Gasteiger charge is 2.26. The van der Waals surface area contributed by atoms with Crippen LogP contribution in [0.5, 0.6) is 0 Å². The van der Waals surface area contributed by atoms with Crippen LogP contribution in [0.2, 0.25) is 5.02 Å². The molecule has 1 amide bonds. The fourth-order valence-electron chi connectivity index (χ4n) is 4.02. The van der Waals surface area contributed by atoms with Crippen LogP contribution in [-0.2, 0) is 11.3 Å². The molecule has 2 aromatic carbocycles. The number of likely N-dealkylation sites (tertiary alicyclic amines) is 1. The number of carbonyl (C=O) groups is 1. The van der Waals surface area contributed by atoms with E-state index in [0.717, 1.165) is 33.6 Å². The van der Waals surface area contributed by atoms with Crippen LogP contribution in [0.25, 0.3) is 21.5 Å². The minimum atomic E-state index is -0.277. The summed E-state index contributed by atoms with van der Waals surface area (Å²) in [5.74, 6) is 0.247. The van der Waals surface area contributed by atoms with Crippen molar-refractivity contribution < 1.29 is 4.79 Å². The van der Waals surface area contributed by atoms with Crippen molar-refractivity contribution in [2.24, 2.45) is 0 Å². The van der Waals surface area contributed by atoms with E-state index < -0.39 is 0 Å². The second kappa shape index (κ2) is 8.84. The normalized spacial score (nSPS) is 14.7. The number of hydrogen-bond acceptors (Lipinski definition) is 5. The van der Waals surface area contributed by atoms with E-state index in [1.165, 1.54) is 10.7 Å². The van der Waals surface area contributed by atoms with E-state index >= 15 is 0 Å². The summed E-state index contributed by atoms with van der Waals surface area (Å²) in [5, 5.41) is 6.20.